The summed E-state index contributed by atoms with van der Waals surface area (Å²) < 4.78 is 0. The van der Waals surface area contributed by atoms with Gasteiger partial charge in [-0.25, -0.2) is 0 Å². The molecule has 0 fully saturated rings. The van der Waals surface area contributed by atoms with Gasteiger partial charge in [0.15, 0.2) is 0 Å². The van der Waals surface area contributed by atoms with E-state index in [1.807, 2.05) is 0 Å². The quantitative estimate of drug-likeness (QED) is 0.620. The molecule has 0 bridgehead atoms. The second-order valence-electron chi connectivity index (χ2n) is 1.73. The Hall–Kier alpha value is 3.15. The van der Waals surface area contributed by atoms with E-state index in [2.05, 4.69) is 20.8 Å². The lowest BCUT2D eigenvalue weighted by atomic mass is 10.3. The molecule has 0 saturated heterocycles. The summed E-state index contributed by atoms with van der Waals surface area (Å²) >= 11 is 0. The largest absolute Gasteiger partial charge is 0.197 e. The zero-order chi connectivity index (χ0) is 3.58. The van der Waals surface area contributed by atoms with Crippen LogP contribution in [-0.2, 0) is 0 Å². The van der Waals surface area contributed by atoms with E-state index in [4.69, 9.17) is 0 Å². The maximum atomic E-state index is 2.17. The van der Waals surface area contributed by atoms with Gasteiger partial charge in [0.05, 0.1) is 0 Å². The van der Waals surface area contributed by atoms with Crippen molar-refractivity contribution in [1.82, 2.24) is 0 Å². The Bertz CT molecular complexity index is 16.3. The summed E-state index contributed by atoms with van der Waals surface area (Å²) in [6, 6.07) is 0. The Morgan fingerprint density at radius 2 is 0.385 bits per heavy atom. The summed E-state index contributed by atoms with van der Waals surface area (Å²) in [4.78, 5) is 0. The molecule has 0 rings (SSSR count). The Labute approximate surface area is 147 Å². The second-order valence-corrected chi connectivity index (χ2v) is 1.73. The van der Waals surface area contributed by atoms with Crippen LogP contribution in [0, 0.1) is 5.92 Å². The maximum absolute atomic E-state index is 2.17. The van der Waals surface area contributed by atoms with E-state index in [0.717, 1.165) is 5.92 Å². The van der Waals surface area contributed by atoms with Crippen LogP contribution in [0.25, 0.3) is 0 Å². The smallest absolute Gasteiger partial charge is 0.0500 e. The van der Waals surface area contributed by atoms with Gasteiger partial charge < -0.3 is 0 Å². The standard InChI is InChI=1S/C4H10.9H2S/c1-4(2)3;;;;;;;;;/h4H,1-3H3;9*1H2. The molecule has 9 heteroatoms. The third kappa shape index (κ3) is 264. The van der Waals surface area contributed by atoms with Gasteiger partial charge in [0.2, 0.25) is 0 Å². The van der Waals surface area contributed by atoms with Crippen LogP contribution in [0.1, 0.15) is 20.8 Å². The van der Waals surface area contributed by atoms with Crippen molar-refractivity contribution < 1.29 is 0 Å². The molecule has 0 unspecified atom stereocenters. The topological polar surface area (TPSA) is 0 Å². The average molecular weight is 365 g/mol. The fraction of sp³-hybridized carbons (Fsp3) is 1.00. The zero-order valence-electron chi connectivity index (χ0n) is 8.08. The Kier molecular flexibility index (Phi) is 605. The fourth-order valence-electron chi connectivity index (χ4n) is 0. The van der Waals surface area contributed by atoms with Crippen LogP contribution >= 0.6 is 121 Å². The Balaban J connectivity index is -0.00000000125. The third-order valence-electron chi connectivity index (χ3n) is 0. The van der Waals surface area contributed by atoms with Crippen LogP contribution in [0.2, 0.25) is 0 Å². The Morgan fingerprint density at radius 3 is 0.385 bits per heavy atom. The van der Waals surface area contributed by atoms with Gasteiger partial charge in [-0.1, -0.05) is 20.8 Å². The third-order valence-corrected chi connectivity index (χ3v) is 0. The van der Waals surface area contributed by atoms with Crippen molar-refractivity contribution in [2.45, 2.75) is 20.8 Å². The van der Waals surface area contributed by atoms with Gasteiger partial charge in [-0.3, -0.25) is 0 Å². The Morgan fingerprint density at radius 1 is 0.385 bits per heavy atom. The molecule has 0 spiro atoms. The van der Waals surface area contributed by atoms with Crippen molar-refractivity contribution in [1.29, 1.82) is 0 Å². The fourth-order valence-corrected chi connectivity index (χ4v) is 0. The molecule has 0 aromatic rings. The SMILES string of the molecule is CC(C)C.S.S.S.S.S.S.S.S.S. The van der Waals surface area contributed by atoms with E-state index in [1.165, 1.54) is 0 Å². The summed E-state index contributed by atoms with van der Waals surface area (Å²) in [6.07, 6.45) is 0. The first-order valence-corrected chi connectivity index (χ1v) is 1.73. The molecule has 0 aliphatic carbocycles. The van der Waals surface area contributed by atoms with Gasteiger partial charge in [-0.15, -0.1) is 0 Å². The van der Waals surface area contributed by atoms with Crippen molar-refractivity contribution in [3.05, 3.63) is 0 Å². The molecular formula is C4H28S9. The lowest BCUT2D eigenvalue weighted by molar-refractivity contribution is 0.737. The first-order valence-electron chi connectivity index (χ1n) is 1.73. The van der Waals surface area contributed by atoms with E-state index in [1.54, 1.807) is 0 Å². The molecule has 0 aliphatic rings. The molecular weight excluding hydrogens is 337 g/mol. The van der Waals surface area contributed by atoms with Crippen LogP contribution in [0.5, 0.6) is 0 Å². The molecule has 0 amide bonds. The number of hydrogen-bond donors (Lipinski definition) is 0. The van der Waals surface area contributed by atoms with Crippen LogP contribution in [-0.4, -0.2) is 0 Å². The second kappa shape index (κ2) is 80.2. The summed E-state index contributed by atoms with van der Waals surface area (Å²) in [5.74, 6) is 0.833. The number of hydrogen-bond acceptors (Lipinski definition) is 0. The van der Waals surface area contributed by atoms with Gasteiger partial charge in [0.1, 0.15) is 0 Å². The van der Waals surface area contributed by atoms with E-state index in [-0.39, 0.29) is 121 Å². The minimum Gasteiger partial charge on any atom is -0.197 e. The predicted molar refractivity (Wildman–Crippen MR) is 114 cm³/mol. The molecule has 13 heavy (non-hydrogen) atoms. The van der Waals surface area contributed by atoms with Crippen LogP contribution < -0.4 is 0 Å². The van der Waals surface area contributed by atoms with Crippen molar-refractivity contribution in [2.75, 3.05) is 0 Å². The molecule has 0 aromatic heterocycles. The highest BCUT2D eigenvalue weighted by atomic mass is 32.1. The van der Waals surface area contributed by atoms with Crippen molar-refractivity contribution in [2.24, 2.45) is 5.92 Å². The van der Waals surface area contributed by atoms with Gasteiger partial charge in [0, 0.05) is 0 Å². The van der Waals surface area contributed by atoms with Crippen molar-refractivity contribution in [3.8, 4) is 0 Å². The van der Waals surface area contributed by atoms with Gasteiger partial charge >= 0.3 is 0 Å². The highest BCUT2D eigenvalue weighted by molar-refractivity contribution is 7.60. The van der Waals surface area contributed by atoms with Gasteiger partial charge in [-0.2, -0.15) is 121 Å². The van der Waals surface area contributed by atoms with Crippen LogP contribution in [0.15, 0.2) is 0 Å². The molecule has 0 nitrogen and oxygen atoms in total. The van der Waals surface area contributed by atoms with E-state index in [9.17, 15) is 0 Å². The first-order chi connectivity index (χ1) is 1.73. The van der Waals surface area contributed by atoms with E-state index >= 15 is 0 Å². The molecule has 98 valence electrons. The molecule has 0 radical (unpaired) electrons. The summed E-state index contributed by atoms with van der Waals surface area (Å²) in [5, 5.41) is 0. The zero-order valence-corrected chi connectivity index (χ0v) is 17.1. The predicted octanol–water partition coefficient (Wildman–Crippen LogP) is 2.68. The lowest BCUT2D eigenvalue weighted by Crippen LogP contribution is -1.66. The van der Waals surface area contributed by atoms with Gasteiger partial charge in [-0.05, 0) is 5.92 Å². The molecule has 0 heterocycles. The molecule has 0 saturated carbocycles. The summed E-state index contributed by atoms with van der Waals surface area (Å²) in [7, 11) is 0. The minimum absolute atomic E-state index is 0. The van der Waals surface area contributed by atoms with Crippen molar-refractivity contribution >= 4 is 121 Å². The highest BCUT2D eigenvalue weighted by Gasteiger charge is 1.68. The molecule has 0 atom stereocenters. The summed E-state index contributed by atoms with van der Waals surface area (Å²) in [5.41, 5.74) is 0. The normalized spacial score (nSPS) is 2.77. The average Bonchev–Trinajstić information content (AvgIpc) is 0.811. The van der Waals surface area contributed by atoms with Gasteiger partial charge in [0.25, 0.3) is 0 Å². The summed E-state index contributed by atoms with van der Waals surface area (Å²) in [6.45, 7) is 6.50. The number of rotatable bonds is 0. The highest BCUT2D eigenvalue weighted by Crippen LogP contribution is 1.81. The van der Waals surface area contributed by atoms with Crippen molar-refractivity contribution in [3.63, 3.8) is 0 Å². The monoisotopic (exact) mass is 364 g/mol. The van der Waals surface area contributed by atoms with E-state index in [0.29, 0.717) is 0 Å². The molecule has 0 aromatic carbocycles. The first kappa shape index (κ1) is 98.0. The van der Waals surface area contributed by atoms with Crippen LogP contribution in [0.3, 0.4) is 0 Å². The molecule has 0 N–H and O–H groups in total. The van der Waals surface area contributed by atoms with E-state index < -0.39 is 0 Å². The molecule has 0 aliphatic heterocycles. The minimum atomic E-state index is 0. The lowest BCUT2D eigenvalue weighted by Gasteiger charge is -1.79. The van der Waals surface area contributed by atoms with Crippen LogP contribution in [0.4, 0.5) is 0 Å². The maximum Gasteiger partial charge on any atom is -0.0500 e.